The molecule has 0 spiro atoms. The number of nitrogens with zero attached hydrogens (tertiary/aromatic N) is 1. The zero-order chi connectivity index (χ0) is 16.7. The number of fused-ring (bicyclic) bond motifs is 2. The maximum atomic E-state index is 12.7. The number of ether oxygens (including phenoxy) is 1. The molecule has 0 aromatic heterocycles. The molecular formula is C16H16N2O5. The molecule has 7 nitrogen and oxygen atoms in total. The number of hydroxylamine groups is 1. The first-order valence-electron chi connectivity index (χ1n) is 7.13. The number of carbonyl (C=O) groups excluding carboxylic acids is 1. The number of carbonyl (C=O) groups is 2. The van der Waals surface area contributed by atoms with E-state index in [9.17, 15) is 9.59 Å². The lowest BCUT2D eigenvalue weighted by atomic mass is 9.98. The van der Waals surface area contributed by atoms with Crippen molar-refractivity contribution in [3.05, 3.63) is 52.9 Å². The van der Waals surface area contributed by atoms with Crippen LogP contribution in [-0.4, -0.2) is 33.3 Å². The van der Waals surface area contributed by atoms with Gasteiger partial charge in [-0.1, -0.05) is 19.9 Å². The van der Waals surface area contributed by atoms with Crippen LogP contribution in [0.1, 0.15) is 35.7 Å². The van der Waals surface area contributed by atoms with Gasteiger partial charge in [-0.05, 0) is 29.7 Å². The molecule has 0 saturated heterocycles. The highest BCUT2D eigenvalue weighted by atomic mass is 16.5. The monoisotopic (exact) mass is 316 g/mol. The van der Waals surface area contributed by atoms with Crippen molar-refractivity contribution >= 4 is 11.9 Å². The molecule has 0 fully saturated rings. The van der Waals surface area contributed by atoms with Crippen LogP contribution < -0.4 is 10.2 Å². The normalized spacial score (nSPS) is 19.4. The number of carboxylic acid groups (broad SMARTS) is 1. The van der Waals surface area contributed by atoms with E-state index in [0.29, 0.717) is 11.3 Å². The Morgan fingerprint density at radius 2 is 2.13 bits per heavy atom. The molecule has 0 radical (unpaired) electrons. The number of carboxylic acids is 1. The topological polar surface area (TPSA) is 99.1 Å². The van der Waals surface area contributed by atoms with Gasteiger partial charge in [0.25, 0.3) is 5.91 Å². The van der Waals surface area contributed by atoms with Crippen LogP contribution in [-0.2, 0) is 4.79 Å². The largest absolute Gasteiger partial charge is 0.478 e. The van der Waals surface area contributed by atoms with E-state index < -0.39 is 12.2 Å². The summed E-state index contributed by atoms with van der Waals surface area (Å²) in [7, 11) is 0. The van der Waals surface area contributed by atoms with Crippen LogP contribution in [0.3, 0.4) is 0 Å². The van der Waals surface area contributed by atoms with Crippen LogP contribution in [0, 0.1) is 0 Å². The van der Waals surface area contributed by atoms with Crippen molar-refractivity contribution in [3.63, 3.8) is 0 Å². The number of rotatable bonds is 3. The van der Waals surface area contributed by atoms with Gasteiger partial charge in [0.15, 0.2) is 6.23 Å². The lowest BCUT2D eigenvalue weighted by Crippen LogP contribution is -2.46. The molecule has 1 amide bonds. The summed E-state index contributed by atoms with van der Waals surface area (Å²) < 4.78 is 5.73. The Labute approximate surface area is 132 Å². The van der Waals surface area contributed by atoms with Crippen LogP contribution in [0.15, 0.2) is 41.7 Å². The summed E-state index contributed by atoms with van der Waals surface area (Å²) in [5, 5.41) is 18.3. The number of nitrogens with one attached hydrogen (secondary N) is 1. The minimum atomic E-state index is -1.23. The highest BCUT2D eigenvalue weighted by Gasteiger charge is 2.36. The Hall–Kier alpha value is -2.80. The van der Waals surface area contributed by atoms with E-state index in [1.807, 2.05) is 19.9 Å². The molecule has 1 unspecified atom stereocenters. The van der Waals surface area contributed by atoms with Gasteiger partial charge < -0.3 is 9.84 Å². The molecule has 0 bridgehead atoms. The average molecular weight is 316 g/mol. The molecule has 3 N–H and O–H groups in total. The van der Waals surface area contributed by atoms with Crippen molar-refractivity contribution in [1.29, 1.82) is 0 Å². The van der Waals surface area contributed by atoms with E-state index in [0.717, 1.165) is 5.56 Å². The number of hydrogen-bond donors (Lipinski definition) is 3. The van der Waals surface area contributed by atoms with Crippen molar-refractivity contribution in [2.75, 3.05) is 0 Å². The Morgan fingerprint density at radius 1 is 1.39 bits per heavy atom. The summed E-state index contributed by atoms with van der Waals surface area (Å²) >= 11 is 0. The predicted molar refractivity (Wildman–Crippen MR) is 79.8 cm³/mol. The molecule has 23 heavy (non-hydrogen) atoms. The fraction of sp³-hybridized carbons (Fsp3) is 0.250. The number of benzene rings is 1. The summed E-state index contributed by atoms with van der Waals surface area (Å²) in [6.45, 7) is 4.05. The van der Waals surface area contributed by atoms with E-state index in [1.165, 1.54) is 17.2 Å². The van der Waals surface area contributed by atoms with Gasteiger partial charge in [0.1, 0.15) is 5.75 Å². The van der Waals surface area contributed by atoms with E-state index in [-0.39, 0.29) is 23.1 Å². The quantitative estimate of drug-likeness (QED) is 0.736. The zero-order valence-corrected chi connectivity index (χ0v) is 12.6. The van der Waals surface area contributed by atoms with Gasteiger partial charge in [0, 0.05) is 6.20 Å². The lowest BCUT2D eigenvalue weighted by Gasteiger charge is -2.36. The molecule has 1 aromatic carbocycles. The van der Waals surface area contributed by atoms with E-state index in [2.05, 4.69) is 0 Å². The molecule has 1 atom stereocenters. The van der Waals surface area contributed by atoms with Crippen LogP contribution in [0.4, 0.5) is 0 Å². The molecule has 0 aliphatic carbocycles. The summed E-state index contributed by atoms with van der Waals surface area (Å²) in [6.07, 6.45) is 1.66. The van der Waals surface area contributed by atoms with Gasteiger partial charge in [-0.15, -0.1) is 0 Å². The lowest BCUT2D eigenvalue weighted by molar-refractivity contribution is -0.132. The Balaban J connectivity index is 2.05. The van der Waals surface area contributed by atoms with Crippen LogP contribution in [0.2, 0.25) is 0 Å². The average Bonchev–Trinajstić information content (AvgIpc) is 2.53. The zero-order valence-electron chi connectivity index (χ0n) is 12.6. The van der Waals surface area contributed by atoms with Gasteiger partial charge in [-0.2, -0.15) is 0 Å². The second kappa shape index (κ2) is 5.44. The van der Waals surface area contributed by atoms with Gasteiger partial charge >= 0.3 is 5.97 Å². The number of aliphatic carboxylic acids is 1. The van der Waals surface area contributed by atoms with Crippen molar-refractivity contribution < 1.29 is 24.6 Å². The fourth-order valence-electron chi connectivity index (χ4n) is 2.58. The van der Waals surface area contributed by atoms with Crippen LogP contribution in [0.5, 0.6) is 5.75 Å². The second-order valence-electron chi connectivity index (χ2n) is 5.67. The SMILES string of the molecule is CC(C)c1ccc2c(c1)C(=O)N1C=C(NO)C(C(=O)O)=CC1O2. The first-order valence-corrected chi connectivity index (χ1v) is 7.13. The molecule has 0 saturated carbocycles. The van der Waals surface area contributed by atoms with Gasteiger partial charge in [0.05, 0.1) is 16.8 Å². The first kappa shape index (κ1) is 15.1. The molecule has 3 rings (SSSR count). The molecule has 1 aromatic rings. The summed E-state index contributed by atoms with van der Waals surface area (Å²) in [5.41, 5.74) is 2.98. The van der Waals surface area contributed by atoms with Crippen LogP contribution >= 0.6 is 0 Å². The molecule has 120 valence electrons. The maximum absolute atomic E-state index is 12.7. The third-order valence-electron chi connectivity index (χ3n) is 3.88. The molecule has 2 heterocycles. The minimum absolute atomic E-state index is 0.0748. The standard InChI is InChI=1S/C16H16N2O5/c1-8(2)9-3-4-13-11(5-9)15(19)18-7-12(17-22)10(16(20)21)6-14(18)23-13/h3-8,14,17,22H,1-2H3,(H,20,21). The predicted octanol–water partition coefficient (Wildman–Crippen LogP) is 1.82. The van der Waals surface area contributed by atoms with Gasteiger partial charge in [-0.25, -0.2) is 4.79 Å². The third-order valence-corrected chi connectivity index (χ3v) is 3.88. The van der Waals surface area contributed by atoms with Crippen LogP contribution in [0.25, 0.3) is 0 Å². The summed E-state index contributed by atoms with van der Waals surface area (Å²) in [5.74, 6) is -0.868. The van der Waals surface area contributed by atoms with Gasteiger partial charge in [-0.3, -0.25) is 20.4 Å². The second-order valence-corrected chi connectivity index (χ2v) is 5.67. The summed E-state index contributed by atoms with van der Waals surface area (Å²) in [6, 6.07) is 5.38. The summed E-state index contributed by atoms with van der Waals surface area (Å²) in [4.78, 5) is 25.2. The first-order chi connectivity index (χ1) is 10.9. The Morgan fingerprint density at radius 3 is 2.74 bits per heavy atom. The molecule has 7 heteroatoms. The number of hydrogen-bond acceptors (Lipinski definition) is 5. The number of amides is 1. The highest BCUT2D eigenvalue weighted by Crippen LogP contribution is 2.34. The van der Waals surface area contributed by atoms with Crippen molar-refractivity contribution in [1.82, 2.24) is 10.4 Å². The molecule has 2 aliphatic heterocycles. The molecular weight excluding hydrogens is 300 g/mol. The van der Waals surface area contributed by atoms with E-state index in [1.54, 1.807) is 17.6 Å². The minimum Gasteiger partial charge on any atom is -0.478 e. The highest BCUT2D eigenvalue weighted by molar-refractivity contribution is 6.00. The maximum Gasteiger partial charge on any atom is 0.337 e. The Kier molecular flexibility index (Phi) is 3.57. The molecule has 2 aliphatic rings. The fourth-order valence-corrected chi connectivity index (χ4v) is 2.58. The smallest absolute Gasteiger partial charge is 0.337 e. The Bertz CT molecular complexity index is 751. The van der Waals surface area contributed by atoms with E-state index >= 15 is 0 Å². The van der Waals surface area contributed by atoms with Crippen molar-refractivity contribution in [2.24, 2.45) is 0 Å². The van der Waals surface area contributed by atoms with Crippen molar-refractivity contribution in [3.8, 4) is 5.75 Å². The van der Waals surface area contributed by atoms with Crippen molar-refractivity contribution in [2.45, 2.75) is 26.0 Å². The third kappa shape index (κ3) is 2.44. The van der Waals surface area contributed by atoms with E-state index in [4.69, 9.17) is 15.1 Å². The van der Waals surface area contributed by atoms with Gasteiger partial charge in [0.2, 0.25) is 0 Å².